The second-order valence-electron chi connectivity index (χ2n) is 3.88. The number of para-hydroxylation sites is 1. The molecular formula is C14H16O2S. The first-order valence-corrected chi connectivity index (χ1v) is 6.68. The number of aliphatic hydroxyl groups is 1. The third kappa shape index (κ3) is 3.88. The smallest absolute Gasteiger partial charge is 0.119 e. The summed E-state index contributed by atoms with van der Waals surface area (Å²) in [7, 11) is 0. The summed E-state index contributed by atoms with van der Waals surface area (Å²) >= 11 is 1.61. The molecule has 90 valence electrons. The van der Waals surface area contributed by atoms with Crippen LogP contribution in [0.4, 0.5) is 0 Å². The zero-order valence-corrected chi connectivity index (χ0v) is 10.4. The zero-order chi connectivity index (χ0) is 11.9. The highest BCUT2D eigenvalue weighted by molar-refractivity contribution is 7.07. The van der Waals surface area contributed by atoms with E-state index in [4.69, 9.17) is 4.74 Å². The minimum Gasteiger partial charge on any atom is -0.494 e. The molecule has 3 heteroatoms. The number of aliphatic hydroxyl groups excluding tert-OH is 1. The predicted molar refractivity (Wildman–Crippen MR) is 70.4 cm³/mol. The lowest BCUT2D eigenvalue weighted by Gasteiger charge is -2.09. The minimum atomic E-state index is -0.361. The van der Waals surface area contributed by atoms with Crippen LogP contribution >= 0.6 is 11.3 Å². The highest BCUT2D eigenvalue weighted by atomic mass is 32.1. The molecule has 0 spiro atoms. The van der Waals surface area contributed by atoms with Crippen molar-refractivity contribution in [1.29, 1.82) is 0 Å². The average Bonchev–Trinajstić information content (AvgIpc) is 2.89. The maximum absolute atomic E-state index is 9.86. The van der Waals surface area contributed by atoms with Gasteiger partial charge in [0.25, 0.3) is 0 Å². The predicted octanol–water partition coefficient (Wildman–Crippen LogP) is 3.64. The Labute approximate surface area is 105 Å². The molecule has 2 nitrogen and oxygen atoms in total. The number of benzene rings is 1. The molecule has 0 amide bonds. The van der Waals surface area contributed by atoms with E-state index in [0.29, 0.717) is 6.61 Å². The molecule has 0 aliphatic carbocycles. The number of ether oxygens (including phenoxy) is 1. The maximum Gasteiger partial charge on any atom is 0.119 e. The molecule has 0 aliphatic heterocycles. The van der Waals surface area contributed by atoms with Crippen molar-refractivity contribution >= 4 is 11.3 Å². The summed E-state index contributed by atoms with van der Waals surface area (Å²) in [4.78, 5) is 0. The van der Waals surface area contributed by atoms with Crippen LogP contribution in [0.2, 0.25) is 0 Å². The van der Waals surface area contributed by atoms with Gasteiger partial charge in [-0.2, -0.15) is 11.3 Å². The summed E-state index contributed by atoms with van der Waals surface area (Å²) in [6.07, 6.45) is 1.23. The molecule has 1 aromatic heterocycles. The second kappa shape index (κ2) is 6.42. The monoisotopic (exact) mass is 248 g/mol. The third-order valence-electron chi connectivity index (χ3n) is 2.56. The van der Waals surface area contributed by atoms with E-state index >= 15 is 0 Å². The van der Waals surface area contributed by atoms with Gasteiger partial charge in [0.05, 0.1) is 12.7 Å². The molecule has 0 radical (unpaired) electrons. The van der Waals surface area contributed by atoms with Crippen LogP contribution in [0.15, 0.2) is 47.2 Å². The molecule has 2 rings (SSSR count). The first-order chi connectivity index (χ1) is 8.36. The molecule has 0 aliphatic rings. The lowest BCUT2D eigenvalue weighted by Crippen LogP contribution is -2.01. The fourth-order valence-electron chi connectivity index (χ4n) is 1.61. The summed E-state index contributed by atoms with van der Waals surface area (Å²) in [6.45, 7) is 0.644. The van der Waals surface area contributed by atoms with Crippen molar-refractivity contribution in [3.63, 3.8) is 0 Å². The van der Waals surface area contributed by atoms with Gasteiger partial charge >= 0.3 is 0 Å². The summed E-state index contributed by atoms with van der Waals surface area (Å²) in [5.74, 6) is 0.887. The summed E-state index contributed by atoms with van der Waals surface area (Å²) in [6, 6.07) is 11.7. The van der Waals surface area contributed by atoms with Gasteiger partial charge in [0.2, 0.25) is 0 Å². The molecule has 0 saturated heterocycles. The summed E-state index contributed by atoms with van der Waals surface area (Å²) in [5.41, 5.74) is 1.01. The number of rotatable bonds is 6. The van der Waals surface area contributed by atoms with Gasteiger partial charge < -0.3 is 9.84 Å². The maximum atomic E-state index is 9.86. The number of hydrogen-bond acceptors (Lipinski definition) is 3. The van der Waals surface area contributed by atoms with Gasteiger partial charge in [-0.3, -0.25) is 0 Å². The standard InChI is InChI=1S/C14H16O2S/c15-14(12-8-10-17-11-12)7-4-9-16-13-5-2-1-3-6-13/h1-3,5-6,8,10-11,14-15H,4,7,9H2. The van der Waals surface area contributed by atoms with Crippen molar-refractivity contribution in [2.75, 3.05) is 6.61 Å². The van der Waals surface area contributed by atoms with Gasteiger partial charge in [0.15, 0.2) is 0 Å². The largest absolute Gasteiger partial charge is 0.494 e. The van der Waals surface area contributed by atoms with Crippen molar-refractivity contribution < 1.29 is 9.84 Å². The first-order valence-electron chi connectivity index (χ1n) is 5.74. The Morgan fingerprint density at radius 3 is 2.71 bits per heavy atom. The van der Waals surface area contributed by atoms with Gasteiger partial charge in [-0.15, -0.1) is 0 Å². The van der Waals surface area contributed by atoms with E-state index in [0.717, 1.165) is 24.2 Å². The first kappa shape index (κ1) is 12.1. The van der Waals surface area contributed by atoms with Crippen LogP contribution in [0, 0.1) is 0 Å². The Kier molecular flexibility index (Phi) is 4.59. The molecule has 1 unspecified atom stereocenters. The average molecular weight is 248 g/mol. The van der Waals surface area contributed by atoms with Crippen LogP contribution in [-0.4, -0.2) is 11.7 Å². The zero-order valence-electron chi connectivity index (χ0n) is 9.58. The third-order valence-corrected chi connectivity index (χ3v) is 3.26. The molecular weight excluding hydrogens is 232 g/mol. The van der Waals surface area contributed by atoms with Crippen molar-refractivity contribution in [3.8, 4) is 5.75 Å². The normalized spacial score (nSPS) is 12.3. The SMILES string of the molecule is OC(CCCOc1ccccc1)c1ccsc1. The molecule has 0 fully saturated rings. The molecule has 1 atom stereocenters. The van der Waals surface area contributed by atoms with Gasteiger partial charge in [-0.05, 0) is 47.4 Å². The molecule has 17 heavy (non-hydrogen) atoms. The molecule has 1 heterocycles. The lowest BCUT2D eigenvalue weighted by atomic mass is 10.1. The number of thiophene rings is 1. The molecule has 1 aromatic carbocycles. The van der Waals surface area contributed by atoms with E-state index in [1.807, 2.05) is 47.2 Å². The van der Waals surface area contributed by atoms with Crippen molar-refractivity contribution in [3.05, 3.63) is 52.7 Å². The van der Waals surface area contributed by atoms with Crippen LogP contribution in [0.5, 0.6) is 5.75 Å². The Morgan fingerprint density at radius 1 is 1.18 bits per heavy atom. The summed E-state index contributed by atoms with van der Waals surface area (Å²) < 4.78 is 5.57. The van der Waals surface area contributed by atoms with E-state index in [1.54, 1.807) is 11.3 Å². The van der Waals surface area contributed by atoms with Crippen LogP contribution in [0.25, 0.3) is 0 Å². The Morgan fingerprint density at radius 2 is 2.00 bits per heavy atom. The molecule has 2 aromatic rings. The topological polar surface area (TPSA) is 29.5 Å². The van der Waals surface area contributed by atoms with E-state index in [1.165, 1.54) is 0 Å². The van der Waals surface area contributed by atoms with Gasteiger partial charge in [0, 0.05) is 0 Å². The van der Waals surface area contributed by atoms with Crippen LogP contribution in [0.3, 0.4) is 0 Å². The van der Waals surface area contributed by atoms with Crippen LogP contribution in [-0.2, 0) is 0 Å². The second-order valence-corrected chi connectivity index (χ2v) is 4.66. The molecule has 0 bridgehead atoms. The van der Waals surface area contributed by atoms with Crippen molar-refractivity contribution in [2.45, 2.75) is 18.9 Å². The molecule has 0 saturated carbocycles. The van der Waals surface area contributed by atoms with Crippen LogP contribution < -0.4 is 4.74 Å². The Bertz CT molecular complexity index is 411. The number of hydrogen-bond donors (Lipinski definition) is 1. The van der Waals surface area contributed by atoms with Gasteiger partial charge in [0.1, 0.15) is 5.75 Å². The quantitative estimate of drug-likeness (QED) is 0.791. The van der Waals surface area contributed by atoms with Crippen molar-refractivity contribution in [2.24, 2.45) is 0 Å². The highest BCUT2D eigenvalue weighted by Crippen LogP contribution is 2.20. The summed E-state index contributed by atoms with van der Waals surface area (Å²) in [5, 5.41) is 13.8. The van der Waals surface area contributed by atoms with E-state index in [-0.39, 0.29) is 6.10 Å². The Hall–Kier alpha value is -1.32. The minimum absolute atomic E-state index is 0.361. The van der Waals surface area contributed by atoms with E-state index < -0.39 is 0 Å². The fourth-order valence-corrected chi connectivity index (χ4v) is 2.32. The van der Waals surface area contributed by atoms with E-state index in [2.05, 4.69) is 0 Å². The van der Waals surface area contributed by atoms with Crippen LogP contribution in [0.1, 0.15) is 24.5 Å². The molecule has 1 N–H and O–H groups in total. The Balaban J connectivity index is 1.67. The van der Waals surface area contributed by atoms with Crippen molar-refractivity contribution in [1.82, 2.24) is 0 Å². The van der Waals surface area contributed by atoms with Gasteiger partial charge in [-0.1, -0.05) is 18.2 Å². The van der Waals surface area contributed by atoms with Gasteiger partial charge in [-0.25, -0.2) is 0 Å². The lowest BCUT2D eigenvalue weighted by molar-refractivity contribution is 0.155. The van der Waals surface area contributed by atoms with E-state index in [9.17, 15) is 5.11 Å². The fraction of sp³-hybridized carbons (Fsp3) is 0.286. The highest BCUT2D eigenvalue weighted by Gasteiger charge is 2.07.